The minimum absolute atomic E-state index is 0.170. The molecule has 0 saturated carbocycles. The number of carboxylic acid groups (broad SMARTS) is 1. The van der Waals surface area contributed by atoms with E-state index in [1.54, 1.807) is 13.8 Å². The molecule has 15 heavy (non-hydrogen) atoms. The average Bonchev–Trinajstić information content (AvgIpc) is 2.15. The van der Waals surface area contributed by atoms with Crippen molar-refractivity contribution in [2.24, 2.45) is 16.1 Å². The molecule has 0 aromatic heterocycles. The Morgan fingerprint density at radius 2 is 1.73 bits per heavy atom. The number of carboxylic acids is 1. The van der Waals surface area contributed by atoms with E-state index in [1.807, 2.05) is 0 Å². The molecule has 2 atom stereocenters. The fraction of sp³-hybridized carbons (Fsp3) is 0.778. The molecule has 0 spiro atoms. The first-order valence-corrected chi connectivity index (χ1v) is 4.60. The highest BCUT2D eigenvalue weighted by molar-refractivity contribution is 5.75. The molecule has 0 radical (unpaired) electrons. The van der Waals surface area contributed by atoms with Crippen molar-refractivity contribution >= 4 is 11.9 Å². The second-order valence-electron chi connectivity index (χ2n) is 3.46. The number of ether oxygens (including phenoxy) is 1. The van der Waals surface area contributed by atoms with E-state index in [0.717, 1.165) is 0 Å². The van der Waals surface area contributed by atoms with Crippen LogP contribution in [0.3, 0.4) is 0 Å². The quantitative estimate of drug-likeness (QED) is 0.550. The van der Waals surface area contributed by atoms with Gasteiger partial charge in [0.1, 0.15) is 0 Å². The highest BCUT2D eigenvalue weighted by Crippen LogP contribution is 2.08. The van der Waals surface area contributed by atoms with Crippen molar-refractivity contribution in [3.63, 3.8) is 0 Å². The largest absolute Gasteiger partial charge is 0.480 e. The fourth-order valence-corrected chi connectivity index (χ4v) is 0.857. The van der Waals surface area contributed by atoms with Crippen molar-refractivity contribution < 1.29 is 19.4 Å². The normalized spacial score (nSPS) is 15.3. The molecule has 6 nitrogen and oxygen atoms in total. The van der Waals surface area contributed by atoms with Crippen LogP contribution < -0.4 is 0 Å². The van der Waals surface area contributed by atoms with Crippen LogP contribution in [0.25, 0.3) is 0 Å². The number of hydrogen-bond donors (Lipinski definition) is 1. The van der Waals surface area contributed by atoms with Crippen molar-refractivity contribution in [1.82, 2.24) is 0 Å². The summed E-state index contributed by atoms with van der Waals surface area (Å²) in [5.74, 6) is -1.76. The zero-order valence-electron chi connectivity index (χ0n) is 9.30. The van der Waals surface area contributed by atoms with Crippen molar-refractivity contribution in [2.75, 3.05) is 7.11 Å². The van der Waals surface area contributed by atoms with Gasteiger partial charge in [-0.05, 0) is 12.8 Å². The Morgan fingerprint density at radius 3 is 2.07 bits per heavy atom. The summed E-state index contributed by atoms with van der Waals surface area (Å²) in [4.78, 5) is 21.7. The number of azo groups is 1. The Labute approximate surface area is 88.3 Å². The Bertz CT molecular complexity index is 263. The van der Waals surface area contributed by atoms with Crippen LogP contribution in [-0.2, 0) is 14.3 Å². The summed E-state index contributed by atoms with van der Waals surface area (Å²) in [7, 11) is 1.24. The molecule has 0 aliphatic rings. The number of rotatable bonds is 5. The number of nitrogens with zero attached hydrogens (tertiary/aromatic N) is 2. The molecule has 0 aromatic rings. The van der Waals surface area contributed by atoms with Gasteiger partial charge in [0.2, 0.25) is 0 Å². The first kappa shape index (κ1) is 13.5. The van der Waals surface area contributed by atoms with E-state index >= 15 is 0 Å². The maximum atomic E-state index is 10.9. The van der Waals surface area contributed by atoms with Crippen LogP contribution >= 0.6 is 0 Å². The first-order chi connectivity index (χ1) is 6.90. The zero-order chi connectivity index (χ0) is 12.0. The lowest BCUT2D eigenvalue weighted by atomic mass is 10.1. The zero-order valence-corrected chi connectivity index (χ0v) is 9.30. The van der Waals surface area contributed by atoms with E-state index in [9.17, 15) is 9.59 Å². The lowest BCUT2D eigenvalue weighted by Crippen LogP contribution is -2.24. The van der Waals surface area contributed by atoms with Gasteiger partial charge in [-0.3, -0.25) is 0 Å². The third-order valence-corrected chi connectivity index (χ3v) is 1.79. The van der Waals surface area contributed by atoms with Crippen LogP contribution in [0.15, 0.2) is 10.2 Å². The monoisotopic (exact) mass is 216 g/mol. The number of methoxy groups -OCH3 is 1. The number of carbonyl (C=O) groups is 2. The SMILES string of the molecule is COC(=O)C(C)N=NC(C(=O)O)C(C)C. The van der Waals surface area contributed by atoms with Crippen molar-refractivity contribution in [2.45, 2.75) is 32.9 Å². The van der Waals surface area contributed by atoms with Gasteiger partial charge in [0, 0.05) is 0 Å². The molecular formula is C9H16N2O4. The molecule has 86 valence electrons. The molecule has 1 N–H and O–H groups in total. The molecule has 0 aliphatic carbocycles. The van der Waals surface area contributed by atoms with E-state index < -0.39 is 24.0 Å². The van der Waals surface area contributed by atoms with Gasteiger partial charge in [0.05, 0.1) is 7.11 Å². The van der Waals surface area contributed by atoms with E-state index in [0.29, 0.717) is 0 Å². The molecule has 0 aromatic carbocycles. The van der Waals surface area contributed by atoms with Crippen molar-refractivity contribution in [1.29, 1.82) is 0 Å². The van der Waals surface area contributed by atoms with Gasteiger partial charge in [-0.25, -0.2) is 9.59 Å². The van der Waals surface area contributed by atoms with Gasteiger partial charge in [-0.1, -0.05) is 13.8 Å². The summed E-state index contributed by atoms with van der Waals surface area (Å²) in [5, 5.41) is 16.0. The number of esters is 1. The lowest BCUT2D eigenvalue weighted by Gasteiger charge is -2.10. The van der Waals surface area contributed by atoms with Crippen LogP contribution in [0.1, 0.15) is 20.8 Å². The molecule has 2 unspecified atom stereocenters. The van der Waals surface area contributed by atoms with Gasteiger partial charge in [-0.2, -0.15) is 10.2 Å². The molecule has 6 heteroatoms. The summed E-state index contributed by atoms with van der Waals surface area (Å²) in [6.07, 6.45) is 0. The van der Waals surface area contributed by atoms with Crippen LogP contribution in [0, 0.1) is 5.92 Å². The van der Waals surface area contributed by atoms with Gasteiger partial charge < -0.3 is 9.84 Å². The van der Waals surface area contributed by atoms with Crippen LogP contribution in [-0.4, -0.2) is 36.2 Å². The number of hydrogen-bond acceptors (Lipinski definition) is 5. The van der Waals surface area contributed by atoms with Gasteiger partial charge in [-0.15, -0.1) is 0 Å². The molecule has 0 rings (SSSR count). The molecule has 0 fully saturated rings. The van der Waals surface area contributed by atoms with E-state index in [2.05, 4.69) is 15.0 Å². The van der Waals surface area contributed by atoms with Gasteiger partial charge in [0.25, 0.3) is 0 Å². The number of carbonyl (C=O) groups excluding carboxylic acids is 1. The maximum absolute atomic E-state index is 10.9. The number of aliphatic carboxylic acids is 1. The third kappa shape index (κ3) is 4.53. The smallest absolute Gasteiger partial charge is 0.332 e. The molecule has 0 bridgehead atoms. The maximum Gasteiger partial charge on any atom is 0.332 e. The second kappa shape index (κ2) is 6.10. The summed E-state index contributed by atoms with van der Waals surface area (Å²) in [5.41, 5.74) is 0. The Hall–Kier alpha value is -1.46. The minimum atomic E-state index is -1.05. The average molecular weight is 216 g/mol. The molecular weight excluding hydrogens is 200 g/mol. The van der Waals surface area contributed by atoms with Crippen LogP contribution in [0.5, 0.6) is 0 Å². The topological polar surface area (TPSA) is 88.3 Å². The fourth-order valence-electron chi connectivity index (χ4n) is 0.857. The Balaban J connectivity index is 4.47. The van der Waals surface area contributed by atoms with E-state index in [-0.39, 0.29) is 5.92 Å². The van der Waals surface area contributed by atoms with Gasteiger partial charge >= 0.3 is 11.9 Å². The highest BCUT2D eigenvalue weighted by Gasteiger charge is 2.21. The third-order valence-electron chi connectivity index (χ3n) is 1.79. The molecule has 0 saturated heterocycles. The summed E-state index contributed by atoms with van der Waals surface area (Å²) >= 11 is 0. The molecule has 0 amide bonds. The molecule has 0 heterocycles. The van der Waals surface area contributed by atoms with E-state index in [1.165, 1.54) is 14.0 Å². The predicted molar refractivity (Wildman–Crippen MR) is 52.6 cm³/mol. The summed E-state index contributed by atoms with van der Waals surface area (Å²) in [6.45, 7) is 4.94. The highest BCUT2D eigenvalue weighted by atomic mass is 16.5. The molecule has 0 aliphatic heterocycles. The lowest BCUT2D eigenvalue weighted by molar-refractivity contribution is -0.142. The van der Waals surface area contributed by atoms with Crippen LogP contribution in [0.4, 0.5) is 0 Å². The van der Waals surface area contributed by atoms with Crippen LogP contribution in [0.2, 0.25) is 0 Å². The van der Waals surface area contributed by atoms with Crippen molar-refractivity contribution in [3.8, 4) is 0 Å². The second-order valence-corrected chi connectivity index (χ2v) is 3.46. The Kier molecular flexibility index (Phi) is 5.51. The first-order valence-electron chi connectivity index (χ1n) is 4.60. The minimum Gasteiger partial charge on any atom is -0.480 e. The standard InChI is InChI=1S/C9H16N2O4/c1-5(2)7(8(12)13)11-10-6(3)9(14)15-4/h5-7H,1-4H3,(H,12,13). The van der Waals surface area contributed by atoms with Crippen molar-refractivity contribution in [3.05, 3.63) is 0 Å². The van der Waals surface area contributed by atoms with Gasteiger partial charge in [0.15, 0.2) is 12.1 Å². The van der Waals surface area contributed by atoms with E-state index in [4.69, 9.17) is 5.11 Å². The predicted octanol–water partition coefficient (Wildman–Crippen LogP) is 1.11. The summed E-state index contributed by atoms with van der Waals surface area (Å²) in [6, 6.07) is -1.69. The Morgan fingerprint density at radius 1 is 1.20 bits per heavy atom. The summed E-state index contributed by atoms with van der Waals surface area (Å²) < 4.78 is 4.43.